The Kier molecular flexibility index (Phi) is 5.73. The van der Waals surface area contributed by atoms with Gasteiger partial charge in [0.1, 0.15) is 5.60 Å². The average Bonchev–Trinajstić information content (AvgIpc) is 3.06. The fraction of sp³-hybridized carbons (Fsp3) is 0.417. The van der Waals surface area contributed by atoms with Crippen molar-refractivity contribution in [1.82, 2.24) is 9.88 Å². The van der Waals surface area contributed by atoms with Gasteiger partial charge < -0.3 is 20.1 Å². The van der Waals surface area contributed by atoms with E-state index < -0.39 is 29.0 Å². The monoisotopic (exact) mass is 437 g/mol. The summed E-state index contributed by atoms with van der Waals surface area (Å²) in [5, 5.41) is 0. The number of aromatic nitrogens is 1. The van der Waals surface area contributed by atoms with E-state index in [9.17, 15) is 14.4 Å². The second-order valence-corrected chi connectivity index (χ2v) is 8.92. The minimum absolute atomic E-state index is 0.0303. The summed E-state index contributed by atoms with van der Waals surface area (Å²) in [4.78, 5) is 43.2. The maximum absolute atomic E-state index is 13.2. The summed E-state index contributed by atoms with van der Waals surface area (Å²) < 4.78 is 11.2. The van der Waals surface area contributed by atoms with Crippen LogP contribution in [0.3, 0.4) is 0 Å². The fourth-order valence-corrected chi connectivity index (χ4v) is 4.42. The highest BCUT2D eigenvalue weighted by Gasteiger charge is 2.50. The first kappa shape index (κ1) is 22.0. The van der Waals surface area contributed by atoms with Crippen molar-refractivity contribution in [1.29, 1.82) is 0 Å². The van der Waals surface area contributed by atoms with Gasteiger partial charge in [-0.2, -0.15) is 0 Å². The third-order valence-corrected chi connectivity index (χ3v) is 6.27. The van der Waals surface area contributed by atoms with Crippen molar-refractivity contribution >= 4 is 17.8 Å². The van der Waals surface area contributed by atoms with Crippen molar-refractivity contribution in [2.45, 2.75) is 37.9 Å². The highest BCUT2D eigenvalue weighted by molar-refractivity contribution is 5.89. The van der Waals surface area contributed by atoms with E-state index in [4.69, 9.17) is 15.2 Å². The number of nitrogens with zero attached hydrogens (tertiary/aromatic N) is 2. The topological polar surface area (TPSA) is 112 Å². The molecule has 2 aliphatic heterocycles. The third kappa shape index (κ3) is 4.23. The number of morpholine rings is 1. The van der Waals surface area contributed by atoms with Crippen LogP contribution in [0.1, 0.15) is 25.8 Å². The Hall–Kier alpha value is -3.26. The summed E-state index contributed by atoms with van der Waals surface area (Å²) in [6.07, 6.45) is 3.77. The predicted octanol–water partition coefficient (Wildman–Crippen LogP) is 1.72. The summed E-state index contributed by atoms with van der Waals surface area (Å²) in [6, 6.07) is 11.6. The first-order chi connectivity index (χ1) is 15.2. The molecule has 2 aliphatic rings. The molecular weight excluding hydrogens is 410 g/mol. The van der Waals surface area contributed by atoms with E-state index in [1.165, 1.54) is 0 Å². The molecule has 0 radical (unpaired) electrons. The van der Waals surface area contributed by atoms with Gasteiger partial charge in [0.25, 0.3) is 5.91 Å². The summed E-state index contributed by atoms with van der Waals surface area (Å²) in [5.74, 6) is -1.83. The Morgan fingerprint density at radius 1 is 1.19 bits per heavy atom. The number of esters is 1. The number of ether oxygens (including phenoxy) is 2. The van der Waals surface area contributed by atoms with Crippen LogP contribution in [0.5, 0.6) is 0 Å². The highest BCUT2D eigenvalue weighted by Crippen LogP contribution is 2.35. The number of cyclic esters (lactones) is 1. The lowest BCUT2D eigenvalue weighted by atomic mass is 9.87. The quantitative estimate of drug-likeness (QED) is 0.713. The Morgan fingerprint density at radius 2 is 1.94 bits per heavy atom. The maximum Gasteiger partial charge on any atom is 0.307 e. The first-order valence-electron chi connectivity index (χ1n) is 10.6. The molecule has 3 heterocycles. The van der Waals surface area contributed by atoms with Gasteiger partial charge in [0, 0.05) is 25.4 Å². The van der Waals surface area contributed by atoms with Crippen molar-refractivity contribution in [3.8, 4) is 11.1 Å². The molecule has 0 bridgehead atoms. The molecule has 2 amide bonds. The summed E-state index contributed by atoms with van der Waals surface area (Å²) >= 11 is 0. The molecular formula is C24H27N3O5. The van der Waals surface area contributed by atoms with E-state index >= 15 is 0 Å². The average molecular weight is 437 g/mol. The van der Waals surface area contributed by atoms with Gasteiger partial charge in [0.15, 0.2) is 5.60 Å². The zero-order chi connectivity index (χ0) is 22.9. The first-order valence-corrected chi connectivity index (χ1v) is 10.6. The zero-order valence-electron chi connectivity index (χ0n) is 18.2. The number of amides is 2. The van der Waals surface area contributed by atoms with E-state index in [2.05, 4.69) is 4.98 Å². The Labute approximate surface area is 186 Å². The van der Waals surface area contributed by atoms with E-state index in [-0.39, 0.29) is 31.9 Å². The molecule has 2 aromatic rings. The number of carbonyl (C=O) groups is 3. The molecule has 2 N–H and O–H groups in total. The van der Waals surface area contributed by atoms with Crippen molar-refractivity contribution in [3.05, 3.63) is 54.4 Å². The van der Waals surface area contributed by atoms with Gasteiger partial charge >= 0.3 is 5.97 Å². The van der Waals surface area contributed by atoms with Crippen LogP contribution in [0.4, 0.5) is 0 Å². The largest absolute Gasteiger partial charge is 0.459 e. The molecule has 2 atom stereocenters. The van der Waals surface area contributed by atoms with Crippen molar-refractivity contribution in [2.24, 2.45) is 11.7 Å². The maximum atomic E-state index is 13.2. The van der Waals surface area contributed by atoms with Crippen LogP contribution in [0.25, 0.3) is 11.1 Å². The van der Waals surface area contributed by atoms with E-state index in [1.807, 2.05) is 36.4 Å². The van der Waals surface area contributed by atoms with Gasteiger partial charge in [-0.1, -0.05) is 30.3 Å². The molecule has 1 aromatic heterocycles. The lowest BCUT2D eigenvalue weighted by molar-refractivity contribution is -0.167. The van der Waals surface area contributed by atoms with Crippen LogP contribution in [-0.4, -0.2) is 58.6 Å². The van der Waals surface area contributed by atoms with Gasteiger partial charge in [-0.05, 0) is 36.6 Å². The van der Waals surface area contributed by atoms with Crippen LogP contribution < -0.4 is 5.73 Å². The molecule has 4 rings (SSSR count). The Morgan fingerprint density at radius 3 is 2.53 bits per heavy atom. The number of hydrogen-bond acceptors (Lipinski definition) is 6. The number of primary amides is 1. The highest BCUT2D eigenvalue weighted by atomic mass is 16.6. The van der Waals surface area contributed by atoms with Gasteiger partial charge in [-0.25, -0.2) is 0 Å². The van der Waals surface area contributed by atoms with Crippen molar-refractivity contribution < 1.29 is 23.9 Å². The van der Waals surface area contributed by atoms with Crippen LogP contribution in [0.15, 0.2) is 48.8 Å². The second-order valence-electron chi connectivity index (χ2n) is 8.92. The van der Waals surface area contributed by atoms with Crippen molar-refractivity contribution in [3.63, 3.8) is 0 Å². The van der Waals surface area contributed by atoms with Gasteiger partial charge in [0.2, 0.25) is 5.91 Å². The molecule has 2 saturated heterocycles. The zero-order valence-corrected chi connectivity index (χ0v) is 18.2. The standard InChI is InChI=1S/C24H27N3O5/c1-23(2)19(12-20(28)32-23)21(29)27-10-11-31-24(15-27,22(25)30)13-16-5-7-17(8-6-16)18-4-3-9-26-14-18/h3-9,14,19H,10-13,15H2,1-2H3,(H2,25,30). The van der Waals surface area contributed by atoms with Crippen LogP contribution in [-0.2, 0) is 30.3 Å². The number of carbonyl (C=O) groups excluding carboxylic acids is 3. The van der Waals surface area contributed by atoms with E-state index in [0.29, 0.717) is 6.54 Å². The third-order valence-electron chi connectivity index (χ3n) is 6.27. The summed E-state index contributed by atoms with van der Waals surface area (Å²) in [6.45, 7) is 4.00. The predicted molar refractivity (Wildman–Crippen MR) is 116 cm³/mol. The molecule has 168 valence electrons. The number of benzene rings is 1. The number of pyridine rings is 1. The molecule has 32 heavy (non-hydrogen) atoms. The molecule has 2 fully saturated rings. The minimum atomic E-state index is -1.34. The van der Waals surface area contributed by atoms with E-state index in [0.717, 1.165) is 16.7 Å². The molecule has 0 aliphatic carbocycles. The normalized spacial score (nSPS) is 24.8. The van der Waals surface area contributed by atoms with Crippen LogP contribution in [0.2, 0.25) is 0 Å². The van der Waals surface area contributed by atoms with Crippen molar-refractivity contribution in [2.75, 3.05) is 19.7 Å². The van der Waals surface area contributed by atoms with Gasteiger partial charge in [-0.15, -0.1) is 0 Å². The van der Waals surface area contributed by atoms with E-state index in [1.54, 1.807) is 31.1 Å². The SMILES string of the molecule is CC1(C)OC(=O)CC1C(=O)N1CCOC(Cc2ccc(-c3cccnc3)cc2)(C(N)=O)C1. The Balaban J connectivity index is 1.53. The van der Waals surface area contributed by atoms with Crippen LogP contribution in [0, 0.1) is 5.92 Å². The second kappa shape index (κ2) is 8.35. The smallest absolute Gasteiger partial charge is 0.307 e. The summed E-state index contributed by atoms with van der Waals surface area (Å²) in [5.41, 5.74) is 6.41. The molecule has 1 aromatic carbocycles. The number of rotatable bonds is 5. The number of hydrogen-bond donors (Lipinski definition) is 1. The molecule has 0 saturated carbocycles. The molecule has 8 heteroatoms. The lowest BCUT2D eigenvalue weighted by Crippen LogP contribution is -2.62. The van der Waals surface area contributed by atoms with Gasteiger partial charge in [-0.3, -0.25) is 19.4 Å². The molecule has 2 unspecified atom stereocenters. The molecule has 0 spiro atoms. The lowest BCUT2D eigenvalue weighted by Gasteiger charge is -2.42. The van der Waals surface area contributed by atoms with Gasteiger partial charge in [0.05, 0.1) is 25.5 Å². The van der Waals surface area contributed by atoms with Crippen LogP contribution >= 0.6 is 0 Å². The number of nitrogens with two attached hydrogens (primary N) is 1. The Bertz CT molecular complexity index is 1020. The fourth-order valence-electron chi connectivity index (χ4n) is 4.42. The molecule has 8 nitrogen and oxygen atoms in total. The summed E-state index contributed by atoms with van der Waals surface area (Å²) in [7, 11) is 0. The minimum Gasteiger partial charge on any atom is -0.459 e.